The fourth-order valence-electron chi connectivity index (χ4n) is 3.58. The molecule has 0 aliphatic carbocycles. The van der Waals surface area contributed by atoms with Gasteiger partial charge in [-0.05, 0) is 67.8 Å². The zero-order valence-corrected chi connectivity index (χ0v) is 18.1. The van der Waals surface area contributed by atoms with E-state index < -0.39 is 11.1 Å². The Kier molecular flexibility index (Phi) is 6.01. The van der Waals surface area contributed by atoms with E-state index in [9.17, 15) is 14.4 Å². The molecule has 0 bridgehead atoms. The van der Waals surface area contributed by atoms with E-state index in [-0.39, 0.29) is 17.4 Å². The number of benzene rings is 1. The average molecular weight is 445 g/mol. The van der Waals surface area contributed by atoms with Gasteiger partial charge < -0.3 is 9.32 Å². The molecule has 1 aromatic heterocycles. The maximum Gasteiger partial charge on any atom is 0.294 e. The van der Waals surface area contributed by atoms with E-state index >= 15 is 0 Å². The van der Waals surface area contributed by atoms with Crippen molar-refractivity contribution in [2.45, 2.75) is 26.2 Å². The Balaban J connectivity index is 1.49. The van der Waals surface area contributed by atoms with E-state index in [1.807, 2.05) is 25.1 Å². The number of rotatable bonds is 4. The number of aryl methyl sites for hydroxylation is 1. The highest BCUT2D eigenvalue weighted by Crippen LogP contribution is 2.34. The van der Waals surface area contributed by atoms with Gasteiger partial charge in [-0.3, -0.25) is 19.3 Å². The minimum atomic E-state index is -0.466. The number of halogens is 1. The zero-order valence-electron chi connectivity index (χ0n) is 16.5. The Morgan fingerprint density at radius 2 is 1.93 bits per heavy atom. The predicted octanol–water partition coefficient (Wildman–Crippen LogP) is 4.96. The van der Waals surface area contributed by atoms with E-state index in [1.54, 1.807) is 23.1 Å². The highest BCUT2D eigenvalue weighted by Gasteiger charge is 2.37. The Labute approximate surface area is 183 Å². The van der Waals surface area contributed by atoms with Gasteiger partial charge in [-0.2, -0.15) is 0 Å². The number of furan rings is 1. The maximum atomic E-state index is 12.7. The number of nitrogens with zero attached hydrogens (tertiary/aromatic N) is 2. The molecule has 2 aliphatic heterocycles. The second-order valence-electron chi connectivity index (χ2n) is 7.37. The maximum absolute atomic E-state index is 12.7. The third-order valence-electron chi connectivity index (χ3n) is 5.24. The second-order valence-corrected chi connectivity index (χ2v) is 8.80. The van der Waals surface area contributed by atoms with E-state index in [0.717, 1.165) is 47.1 Å². The molecule has 2 aliphatic rings. The Hall–Kier alpha value is -2.51. The molecule has 0 radical (unpaired) electrons. The number of thioether (sulfide) groups is 1. The first-order valence-corrected chi connectivity index (χ1v) is 11.0. The van der Waals surface area contributed by atoms with Crippen molar-refractivity contribution in [1.82, 2.24) is 9.80 Å². The molecule has 0 saturated carbocycles. The first-order chi connectivity index (χ1) is 14.4. The lowest BCUT2D eigenvalue weighted by Gasteiger charge is -2.27. The highest BCUT2D eigenvalue weighted by molar-refractivity contribution is 8.18. The molecule has 1 aromatic carbocycles. The third kappa shape index (κ3) is 4.32. The van der Waals surface area contributed by atoms with Crippen molar-refractivity contribution in [1.29, 1.82) is 0 Å². The minimum Gasteiger partial charge on any atom is -0.457 e. The van der Waals surface area contributed by atoms with Crippen LogP contribution in [0.5, 0.6) is 0 Å². The summed E-state index contributed by atoms with van der Waals surface area (Å²) >= 11 is 6.91. The van der Waals surface area contributed by atoms with Gasteiger partial charge in [-0.1, -0.05) is 17.7 Å². The minimum absolute atomic E-state index is 0.185. The van der Waals surface area contributed by atoms with Crippen molar-refractivity contribution in [2.75, 3.05) is 19.6 Å². The predicted molar refractivity (Wildman–Crippen MR) is 117 cm³/mol. The van der Waals surface area contributed by atoms with Gasteiger partial charge in [0.2, 0.25) is 5.91 Å². The van der Waals surface area contributed by atoms with Crippen molar-refractivity contribution in [3.63, 3.8) is 0 Å². The fraction of sp³-hybridized carbons (Fsp3) is 0.318. The average Bonchev–Trinajstić information content (AvgIpc) is 3.30. The topological polar surface area (TPSA) is 70.8 Å². The largest absolute Gasteiger partial charge is 0.457 e. The summed E-state index contributed by atoms with van der Waals surface area (Å²) in [5, 5.41) is 0.169. The molecule has 0 unspecified atom stereocenters. The molecule has 2 fully saturated rings. The molecular formula is C22H21ClN2O4S. The number of amides is 3. The smallest absolute Gasteiger partial charge is 0.294 e. The van der Waals surface area contributed by atoms with E-state index in [4.69, 9.17) is 16.0 Å². The Morgan fingerprint density at radius 3 is 2.70 bits per heavy atom. The number of hydrogen-bond acceptors (Lipinski definition) is 5. The molecule has 0 spiro atoms. The van der Waals surface area contributed by atoms with Gasteiger partial charge in [0.05, 0.1) is 4.91 Å². The first-order valence-electron chi connectivity index (χ1n) is 9.82. The van der Waals surface area contributed by atoms with Crippen molar-refractivity contribution >= 4 is 46.5 Å². The number of imide groups is 1. The molecule has 6 nitrogen and oxygen atoms in total. The summed E-state index contributed by atoms with van der Waals surface area (Å²) in [6.07, 6.45) is 4.56. The van der Waals surface area contributed by atoms with Crippen LogP contribution in [0.25, 0.3) is 17.4 Å². The summed E-state index contributed by atoms with van der Waals surface area (Å²) in [5.41, 5.74) is 1.87. The van der Waals surface area contributed by atoms with Crippen LogP contribution in [-0.2, 0) is 9.59 Å². The fourth-order valence-corrected chi connectivity index (χ4v) is 4.57. The van der Waals surface area contributed by atoms with Crippen LogP contribution in [0.1, 0.15) is 30.6 Å². The van der Waals surface area contributed by atoms with Crippen molar-refractivity contribution in [3.05, 3.63) is 51.6 Å². The SMILES string of the molecule is Cc1ccc(Cl)cc1-c1ccc(C=C2SC(=O)N(CC(=O)N3CCCCC3)C2=O)o1. The van der Waals surface area contributed by atoms with Gasteiger partial charge in [0.15, 0.2) is 0 Å². The third-order valence-corrected chi connectivity index (χ3v) is 6.38. The van der Waals surface area contributed by atoms with Gasteiger partial charge in [-0.25, -0.2) is 0 Å². The lowest BCUT2D eigenvalue weighted by atomic mass is 10.1. The van der Waals surface area contributed by atoms with Crippen molar-refractivity contribution in [3.8, 4) is 11.3 Å². The number of piperidine rings is 1. The van der Waals surface area contributed by atoms with Crippen LogP contribution in [0.3, 0.4) is 0 Å². The molecule has 3 heterocycles. The lowest BCUT2D eigenvalue weighted by Crippen LogP contribution is -2.44. The van der Waals surface area contributed by atoms with Crippen LogP contribution in [0.15, 0.2) is 39.7 Å². The molecule has 30 heavy (non-hydrogen) atoms. The van der Waals surface area contributed by atoms with Crippen LogP contribution in [-0.4, -0.2) is 46.5 Å². The summed E-state index contributed by atoms with van der Waals surface area (Å²) in [6.45, 7) is 3.11. The van der Waals surface area contributed by atoms with Crippen LogP contribution >= 0.6 is 23.4 Å². The molecule has 2 saturated heterocycles. The van der Waals surface area contributed by atoms with Gasteiger partial charge in [-0.15, -0.1) is 0 Å². The normalized spacial score (nSPS) is 18.5. The van der Waals surface area contributed by atoms with Crippen LogP contribution in [0.4, 0.5) is 4.79 Å². The molecule has 4 rings (SSSR count). The first kappa shape index (κ1) is 20.8. The second kappa shape index (κ2) is 8.70. The zero-order chi connectivity index (χ0) is 21.3. The molecule has 156 valence electrons. The molecule has 0 atom stereocenters. The molecule has 0 N–H and O–H groups in total. The summed E-state index contributed by atoms with van der Waals surface area (Å²) < 4.78 is 5.86. The molecule has 3 amide bonds. The van der Waals surface area contributed by atoms with E-state index in [2.05, 4.69) is 0 Å². The Bertz CT molecular complexity index is 1040. The Morgan fingerprint density at radius 1 is 1.17 bits per heavy atom. The standard InChI is InChI=1S/C22H21ClN2O4S/c1-14-5-6-15(23)11-17(14)18-8-7-16(29-18)12-19-21(27)25(22(28)30-19)13-20(26)24-9-3-2-4-10-24/h5-8,11-12H,2-4,9-10,13H2,1H3. The number of hydrogen-bond donors (Lipinski definition) is 0. The van der Waals surface area contributed by atoms with E-state index in [0.29, 0.717) is 29.6 Å². The monoisotopic (exact) mass is 444 g/mol. The summed E-state index contributed by atoms with van der Waals surface area (Å²) in [6, 6.07) is 9.08. The van der Waals surface area contributed by atoms with Crippen molar-refractivity contribution < 1.29 is 18.8 Å². The van der Waals surface area contributed by atoms with Gasteiger partial charge >= 0.3 is 0 Å². The number of carbonyl (C=O) groups is 3. The van der Waals surface area contributed by atoms with Crippen LogP contribution < -0.4 is 0 Å². The van der Waals surface area contributed by atoms with Gasteiger partial charge in [0.25, 0.3) is 11.1 Å². The van der Waals surface area contributed by atoms with Gasteiger partial charge in [0, 0.05) is 29.8 Å². The van der Waals surface area contributed by atoms with Gasteiger partial charge in [0.1, 0.15) is 18.1 Å². The van der Waals surface area contributed by atoms with Crippen molar-refractivity contribution in [2.24, 2.45) is 0 Å². The summed E-state index contributed by atoms with van der Waals surface area (Å²) in [5.74, 6) is 0.431. The molecular weight excluding hydrogens is 424 g/mol. The van der Waals surface area contributed by atoms with Crippen LogP contribution in [0, 0.1) is 6.92 Å². The molecule has 2 aromatic rings. The van der Waals surface area contributed by atoms with E-state index in [1.165, 1.54) is 0 Å². The quantitative estimate of drug-likeness (QED) is 0.623. The summed E-state index contributed by atoms with van der Waals surface area (Å²) in [4.78, 5) is 40.5. The number of carbonyl (C=O) groups excluding carboxylic acids is 3. The lowest BCUT2D eigenvalue weighted by molar-refractivity contribution is -0.136. The summed E-state index contributed by atoms with van der Waals surface area (Å²) in [7, 11) is 0. The van der Waals surface area contributed by atoms with Crippen LogP contribution in [0.2, 0.25) is 5.02 Å². The number of likely N-dealkylation sites (tertiary alicyclic amines) is 1. The molecule has 8 heteroatoms. The highest BCUT2D eigenvalue weighted by atomic mass is 35.5.